The zero-order chi connectivity index (χ0) is 20.9. The molecule has 1 N–H and O–H groups in total. The molecule has 2 aromatic heterocycles. The number of benzene rings is 1. The molecule has 0 unspecified atom stereocenters. The van der Waals surface area contributed by atoms with Gasteiger partial charge in [0.1, 0.15) is 5.76 Å². The molecule has 0 spiro atoms. The number of rotatable bonds is 6. The zero-order valence-electron chi connectivity index (χ0n) is 17.0. The van der Waals surface area contributed by atoms with Gasteiger partial charge in [0, 0.05) is 69.0 Å². The summed E-state index contributed by atoms with van der Waals surface area (Å²) in [6.07, 6.45) is 3.93. The normalized spacial score (nSPS) is 14.6. The van der Waals surface area contributed by atoms with Crippen LogP contribution in [0.4, 0.5) is 0 Å². The highest BCUT2D eigenvalue weighted by Gasteiger charge is 2.24. The molecular weight excluding hydrogens is 382 g/mol. The molecule has 4 rings (SSSR count). The van der Waals surface area contributed by atoms with Gasteiger partial charge in [0.2, 0.25) is 0 Å². The summed E-state index contributed by atoms with van der Waals surface area (Å²) in [5, 5.41) is 6.77. The van der Waals surface area contributed by atoms with Crippen molar-refractivity contribution in [1.29, 1.82) is 0 Å². The minimum Gasteiger partial charge on any atom is -0.361 e. The maximum Gasteiger partial charge on any atom is 0.276 e. The summed E-state index contributed by atoms with van der Waals surface area (Å²) in [6, 6.07) is 13.1. The molecule has 0 radical (unpaired) electrons. The van der Waals surface area contributed by atoms with Gasteiger partial charge in [0.15, 0.2) is 5.69 Å². The van der Waals surface area contributed by atoms with E-state index < -0.39 is 0 Å². The Morgan fingerprint density at radius 2 is 1.77 bits per heavy atom. The molecule has 1 saturated heterocycles. The molecule has 8 nitrogen and oxygen atoms in total. The lowest BCUT2D eigenvalue weighted by atomic mass is 10.2. The highest BCUT2D eigenvalue weighted by Crippen LogP contribution is 2.11. The zero-order valence-corrected chi connectivity index (χ0v) is 17.0. The Morgan fingerprint density at radius 1 is 1.07 bits per heavy atom. The van der Waals surface area contributed by atoms with E-state index >= 15 is 0 Å². The predicted molar refractivity (Wildman–Crippen MR) is 112 cm³/mol. The van der Waals surface area contributed by atoms with Crippen molar-refractivity contribution in [3.63, 3.8) is 0 Å². The minimum absolute atomic E-state index is 0.0794. The van der Waals surface area contributed by atoms with E-state index in [0.29, 0.717) is 36.7 Å². The van der Waals surface area contributed by atoms with Gasteiger partial charge in [-0.15, -0.1) is 0 Å². The summed E-state index contributed by atoms with van der Waals surface area (Å²) in [7, 11) is 0. The Kier molecular flexibility index (Phi) is 5.94. The fraction of sp³-hybridized carbons (Fsp3) is 0.318. The number of amides is 2. The highest BCUT2D eigenvalue weighted by molar-refractivity contribution is 5.94. The van der Waals surface area contributed by atoms with Crippen molar-refractivity contribution in [3.8, 4) is 5.69 Å². The maximum absolute atomic E-state index is 12.4. The van der Waals surface area contributed by atoms with Crippen LogP contribution in [0.5, 0.6) is 0 Å². The number of aromatic nitrogens is 2. The quantitative estimate of drug-likeness (QED) is 0.675. The van der Waals surface area contributed by atoms with Crippen LogP contribution < -0.4 is 5.32 Å². The number of carbonyl (C=O) groups is 2. The largest absolute Gasteiger partial charge is 0.361 e. The third-order valence-electron chi connectivity index (χ3n) is 5.25. The monoisotopic (exact) mass is 407 g/mol. The van der Waals surface area contributed by atoms with Gasteiger partial charge in [-0.1, -0.05) is 5.16 Å². The first-order chi connectivity index (χ1) is 14.6. The van der Waals surface area contributed by atoms with E-state index in [-0.39, 0.29) is 11.8 Å². The molecule has 0 saturated carbocycles. The lowest BCUT2D eigenvalue weighted by molar-refractivity contribution is 0.0628. The predicted octanol–water partition coefficient (Wildman–Crippen LogP) is 1.96. The smallest absolute Gasteiger partial charge is 0.276 e. The fourth-order valence-electron chi connectivity index (χ4n) is 3.52. The van der Waals surface area contributed by atoms with Crippen LogP contribution in [-0.4, -0.2) is 70.6 Å². The Bertz CT molecular complexity index is 986. The number of carbonyl (C=O) groups excluding carboxylic acids is 2. The standard InChI is InChI=1S/C22H25N5O3/c1-17-16-20(24-30-17)22(29)27-14-12-25(13-15-27)11-8-23-21(28)18-4-6-19(7-5-18)26-9-2-3-10-26/h2-7,9-10,16H,8,11-15H2,1H3,(H,23,28). The van der Waals surface area contributed by atoms with Gasteiger partial charge in [-0.3, -0.25) is 14.5 Å². The molecule has 1 aliphatic rings. The Balaban J connectivity index is 1.20. The second-order valence-corrected chi connectivity index (χ2v) is 7.35. The molecule has 2 amide bonds. The summed E-state index contributed by atoms with van der Waals surface area (Å²) in [5.74, 6) is 0.458. The first-order valence-electron chi connectivity index (χ1n) is 10.1. The number of nitrogens with one attached hydrogen (secondary N) is 1. The fourth-order valence-corrected chi connectivity index (χ4v) is 3.52. The summed E-state index contributed by atoms with van der Waals surface area (Å²) in [5.41, 5.74) is 2.02. The van der Waals surface area contributed by atoms with Crippen LogP contribution in [0.25, 0.3) is 5.69 Å². The van der Waals surface area contributed by atoms with Gasteiger partial charge in [0.05, 0.1) is 0 Å². The van der Waals surface area contributed by atoms with Gasteiger partial charge in [0.25, 0.3) is 11.8 Å². The van der Waals surface area contributed by atoms with Crippen molar-refractivity contribution in [2.75, 3.05) is 39.3 Å². The van der Waals surface area contributed by atoms with Gasteiger partial charge < -0.3 is 19.3 Å². The molecule has 1 fully saturated rings. The average Bonchev–Trinajstić information content (AvgIpc) is 3.46. The first-order valence-corrected chi connectivity index (χ1v) is 10.1. The third-order valence-corrected chi connectivity index (χ3v) is 5.25. The number of hydrogen-bond donors (Lipinski definition) is 1. The second-order valence-electron chi connectivity index (χ2n) is 7.35. The lowest BCUT2D eigenvalue weighted by Gasteiger charge is -2.34. The lowest BCUT2D eigenvalue weighted by Crippen LogP contribution is -2.50. The molecule has 0 bridgehead atoms. The minimum atomic E-state index is -0.0943. The maximum atomic E-state index is 12.4. The van der Waals surface area contributed by atoms with E-state index in [1.165, 1.54) is 0 Å². The van der Waals surface area contributed by atoms with Crippen molar-refractivity contribution in [3.05, 3.63) is 71.9 Å². The van der Waals surface area contributed by atoms with Crippen LogP contribution >= 0.6 is 0 Å². The molecule has 0 atom stereocenters. The van der Waals surface area contributed by atoms with E-state index in [0.717, 1.165) is 25.3 Å². The Morgan fingerprint density at radius 3 is 2.40 bits per heavy atom. The van der Waals surface area contributed by atoms with Gasteiger partial charge in [-0.05, 0) is 43.3 Å². The topological polar surface area (TPSA) is 83.6 Å². The summed E-state index contributed by atoms with van der Waals surface area (Å²) >= 11 is 0. The van der Waals surface area contributed by atoms with Crippen molar-refractivity contribution < 1.29 is 14.1 Å². The highest BCUT2D eigenvalue weighted by atomic mass is 16.5. The molecule has 3 aromatic rings. The van der Waals surface area contributed by atoms with Gasteiger partial charge in [-0.2, -0.15) is 0 Å². The van der Waals surface area contributed by atoms with Crippen LogP contribution in [0.1, 0.15) is 26.6 Å². The third kappa shape index (κ3) is 4.60. The summed E-state index contributed by atoms with van der Waals surface area (Å²) in [6.45, 7) is 5.90. The van der Waals surface area contributed by atoms with E-state index in [1.807, 2.05) is 53.4 Å². The SMILES string of the molecule is Cc1cc(C(=O)N2CCN(CCNC(=O)c3ccc(-n4cccc4)cc3)CC2)no1. The number of nitrogens with zero attached hydrogens (tertiary/aromatic N) is 4. The van der Waals surface area contributed by atoms with E-state index in [2.05, 4.69) is 15.4 Å². The first kappa shape index (κ1) is 19.9. The van der Waals surface area contributed by atoms with E-state index in [1.54, 1.807) is 17.9 Å². The number of hydrogen-bond acceptors (Lipinski definition) is 5. The van der Waals surface area contributed by atoms with Crippen LogP contribution in [0.15, 0.2) is 59.4 Å². The van der Waals surface area contributed by atoms with Crippen LogP contribution in [0, 0.1) is 6.92 Å². The molecule has 8 heteroatoms. The van der Waals surface area contributed by atoms with Crippen molar-refractivity contribution in [1.82, 2.24) is 24.8 Å². The van der Waals surface area contributed by atoms with E-state index in [4.69, 9.17) is 4.52 Å². The van der Waals surface area contributed by atoms with Crippen molar-refractivity contribution in [2.45, 2.75) is 6.92 Å². The summed E-state index contributed by atoms with van der Waals surface area (Å²) < 4.78 is 6.98. The Labute approximate surface area is 175 Å². The molecule has 1 aliphatic heterocycles. The molecular formula is C22H25N5O3. The van der Waals surface area contributed by atoms with Crippen molar-refractivity contribution >= 4 is 11.8 Å². The Hall–Kier alpha value is -3.39. The van der Waals surface area contributed by atoms with Crippen LogP contribution in [0.2, 0.25) is 0 Å². The molecule has 156 valence electrons. The number of piperazine rings is 1. The van der Waals surface area contributed by atoms with E-state index in [9.17, 15) is 9.59 Å². The van der Waals surface area contributed by atoms with Gasteiger partial charge in [-0.25, -0.2) is 0 Å². The van der Waals surface area contributed by atoms with Gasteiger partial charge >= 0.3 is 0 Å². The summed E-state index contributed by atoms with van der Waals surface area (Å²) in [4.78, 5) is 28.8. The van der Waals surface area contributed by atoms with Crippen molar-refractivity contribution in [2.24, 2.45) is 0 Å². The van der Waals surface area contributed by atoms with Crippen LogP contribution in [0.3, 0.4) is 0 Å². The molecule has 30 heavy (non-hydrogen) atoms. The molecule has 0 aliphatic carbocycles. The molecule has 3 heterocycles. The second kappa shape index (κ2) is 8.96. The average molecular weight is 407 g/mol. The number of aryl methyl sites for hydroxylation is 1. The van der Waals surface area contributed by atoms with Crippen LogP contribution in [-0.2, 0) is 0 Å². The molecule has 1 aromatic carbocycles.